The average Bonchev–Trinajstić information content (AvgIpc) is 3.60. The molecule has 0 aliphatic carbocycles. The Labute approximate surface area is 186 Å². The van der Waals surface area contributed by atoms with E-state index in [9.17, 15) is 9.18 Å². The van der Waals surface area contributed by atoms with E-state index in [1.54, 1.807) is 40.4 Å². The topological polar surface area (TPSA) is 110 Å². The predicted octanol–water partition coefficient (Wildman–Crippen LogP) is 2.68. The number of aromatic amines is 1. The van der Waals surface area contributed by atoms with Crippen molar-refractivity contribution >= 4 is 11.4 Å². The van der Waals surface area contributed by atoms with Gasteiger partial charge in [0.05, 0.1) is 35.7 Å². The number of hydrogen-bond donors (Lipinski definition) is 1. The summed E-state index contributed by atoms with van der Waals surface area (Å²) in [5, 5.41) is 8.74. The first-order valence-corrected chi connectivity index (χ1v) is 10.4. The highest BCUT2D eigenvalue weighted by Gasteiger charge is 2.37. The van der Waals surface area contributed by atoms with Gasteiger partial charge >= 0.3 is 0 Å². The molecular weight excluding hydrogens is 427 g/mol. The molecule has 5 aromatic rings. The molecule has 6 heterocycles. The first kappa shape index (κ1) is 19.4. The monoisotopic (exact) mass is 446 g/mol. The summed E-state index contributed by atoms with van der Waals surface area (Å²) in [4.78, 5) is 27.1. The van der Waals surface area contributed by atoms with E-state index in [0.717, 1.165) is 17.0 Å². The first-order chi connectivity index (χ1) is 16.0. The first-order valence-electron chi connectivity index (χ1n) is 10.4. The lowest BCUT2D eigenvalue weighted by Crippen LogP contribution is -2.40. The van der Waals surface area contributed by atoms with Gasteiger partial charge < -0.3 is 14.3 Å². The molecule has 0 radical (unpaired) electrons. The zero-order valence-corrected chi connectivity index (χ0v) is 17.9. The molecule has 0 unspecified atom stereocenters. The smallest absolute Gasteiger partial charge is 0.292 e. The Hall–Kier alpha value is -4.28. The number of halogens is 1. The molecular formula is C22H19FN8O2. The third-order valence-electron chi connectivity index (χ3n) is 6.12. The van der Waals surface area contributed by atoms with Crippen LogP contribution in [0.25, 0.3) is 17.0 Å². The number of imidazole rings is 1. The third-order valence-corrected chi connectivity index (χ3v) is 6.12. The SMILES string of the molecule is Cc1c(-c2ncc(C(=O)N3CCc4[nH]cnc4[C@@H]3c3cc4c(F)cccn4n3)o2)cnn1C. The number of rotatable bonds is 3. The number of nitrogens with one attached hydrogen (secondary N) is 1. The Bertz CT molecular complexity index is 1510. The highest BCUT2D eigenvalue weighted by Crippen LogP contribution is 2.35. The Morgan fingerprint density at radius 3 is 2.97 bits per heavy atom. The molecule has 166 valence electrons. The summed E-state index contributed by atoms with van der Waals surface area (Å²) in [6.45, 7) is 2.31. The number of aromatic nitrogens is 7. The highest BCUT2D eigenvalue weighted by molar-refractivity contribution is 5.92. The average molecular weight is 446 g/mol. The Morgan fingerprint density at radius 1 is 1.30 bits per heavy atom. The summed E-state index contributed by atoms with van der Waals surface area (Å²) in [7, 11) is 1.82. The van der Waals surface area contributed by atoms with Crippen molar-refractivity contribution in [2.45, 2.75) is 19.4 Å². The fourth-order valence-electron chi connectivity index (χ4n) is 4.28. The Kier molecular flexibility index (Phi) is 4.19. The van der Waals surface area contributed by atoms with Crippen molar-refractivity contribution in [3.05, 3.63) is 77.5 Å². The number of nitrogens with zero attached hydrogens (tertiary/aromatic N) is 7. The normalized spacial score (nSPS) is 15.8. The van der Waals surface area contributed by atoms with Gasteiger partial charge in [-0.05, 0) is 25.1 Å². The summed E-state index contributed by atoms with van der Waals surface area (Å²) < 4.78 is 23.3. The zero-order valence-electron chi connectivity index (χ0n) is 17.9. The summed E-state index contributed by atoms with van der Waals surface area (Å²) in [5.41, 5.74) is 4.05. The minimum atomic E-state index is -0.597. The molecule has 11 heteroatoms. The number of amides is 1. The molecule has 0 aromatic carbocycles. The summed E-state index contributed by atoms with van der Waals surface area (Å²) in [6.07, 6.45) is 6.94. The number of oxazole rings is 1. The van der Waals surface area contributed by atoms with Crippen LogP contribution in [0.1, 0.15) is 39.4 Å². The second-order valence-corrected chi connectivity index (χ2v) is 7.97. The molecule has 1 atom stereocenters. The number of hydrogen-bond acceptors (Lipinski definition) is 6. The molecule has 0 fully saturated rings. The van der Waals surface area contributed by atoms with Crippen LogP contribution in [0.2, 0.25) is 0 Å². The van der Waals surface area contributed by atoms with Crippen molar-refractivity contribution < 1.29 is 13.6 Å². The minimum Gasteiger partial charge on any atom is -0.431 e. The third kappa shape index (κ3) is 2.96. The van der Waals surface area contributed by atoms with Crippen LogP contribution in [0, 0.1) is 12.7 Å². The highest BCUT2D eigenvalue weighted by atomic mass is 19.1. The van der Waals surface area contributed by atoms with Crippen molar-refractivity contribution in [1.82, 2.24) is 39.2 Å². The standard InChI is InChI=1S/C22H19FN8O2/c1-12-13(9-27-29(12)2)21-24-10-18(33-21)22(32)30-7-5-15-19(26-11-25-15)20(30)16-8-17-14(23)4-3-6-31(17)28-16/h3-4,6,8-11,20H,5,7H2,1-2H3,(H,25,26)/t20-/m0/s1. The van der Waals surface area contributed by atoms with Crippen LogP contribution in [-0.4, -0.2) is 51.7 Å². The number of pyridine rings is 1. The van der Waals surface area contributed by atoms with Gasteiger partial charge in [-0.1, -0.05) is 0 Å². The molecule has 1 amide bonds. The van der Waals surface area contributed by atoms with Gasteiger partial charge in [-0.2, -0.15) is 10.2 Å². The van der Waals surface area contributed by atoms with Crippen LogP contribution >= 0.6 is 0 Å². The van der Waals surface area contributed by atoms with E-state index < -0.39 is 6.04 Å². The molecule has 5 aromatic heterocycles. The lowest BCUT2D eigenvalue weighted by Gasteiger charge is -2.33. The molecule has 0 saturated carbocycles. The van der Waals surface area contributed by atoms with Gasteiger partial charge in [-0.3, -0.25) is 9.48 Å². The largest absolute Gasteiger partial charge is 0.431 e. The fourth-order valence-corrected chi connectivity index (χ4v) is 4.28. The van der Waals surface area contributed by atoms with Gasteiger partial charge in [-0.15, -0.1) is 0 Å². The van der Waals surface area contributed by atoms with Crippen molar-refractivity contribution in [2.75, 3.05) is 6.54 Å². The fraction of sp³-hybridized carbons (Fsp3) is 0.227. The number of carbonyl (C=O) groups is 1. The van der Waals surface area contributed by atoms with E-state index in [0.29, 0.717) is 35.8 Å². The van der Waals surface area contributed by atoms with Crippen molar-refractivity contribution in [3.63, 3.8) is 0 Å². The van der Waals surface area contributed by atoms with Crippen LogP contribution in [0.15, 0.2) is 47.5 Å². The lowest BCUT2D eigenvalue weighted by atomic mass is 9.99. The molecule has 1 N–H and O–H groups in total. The molecule has 0 bridgehead atoms. The molecule has 10 nitrogen and oxygen atoms in total. The lowest BCUT2D eigenvalue weighted by molar-refractivity contribution is 0.0655. The summed E-state index contributed by atoms with van der Waals surface area (Å²) >= 11 is 0. The number of aryl methyl sites for hydroxylation is 1. The van der Waals surface area contributed by atoms with E-state index in [-0.39, 0.29) is 17.5 Å². The van der Waals surface area contributed by atoms with Gasteiger partial charge in [0.15, 0.2) is 0 Å². The minimum absolute atomic E-state index is 0.104. The van der Waals surface area contributed by atoms with Gasteiger partial charge in [0.2, 0.25) is 11.7 Å². The van der Waals surface area contributed by atoms with Gasteiger partial charge in [0.1, 0.15) is 17.4 Å². The van der Waals surface area contributed by atoms with E-state index in [4.69, 9.17) is 4.42 Å². The van der Waals surface area contributed by atoms with E-state index in [2.05, 4.69) is 25.1 Å². The second kappa shape index (κ2) is 7.12. The molecule has 0 spiro atoms. The predicted molar refractivity (Wildman–Crippen MR) is 114 cm³/mol. The maximum Gasteiger partial charge on any atom is 0.292 e. The number of carbonyl (C=O) groups excluding carboxylic acids is 1. The van der Waals surface area contributed by atoms with E-state index >= 15 is 0 Å². The van der Waals surface area contributed by atoms with E-state index in [1.165, 1.54) is 16.8 Å². The van der Waals surface area contributed by atoms with Gasteiger partial charge in [0.25, 0.3) is 5.91 Å². The van der Waals surface area contributed by atoms with Gasteiger partial charge in [0, 0.05) is 37.6 Å². The summed E-state index contributed by atoms with van der Waals surface area (Å²) in [6, 6.07) is 4.01. The summed E-state index contributed by atoms with van der Waals surface area (Å²) in [5.74, 6) is -0.301. The van der Waals surface area contributed by atoms with Crippen molar-refractivity contribution in [2.24, 2.45) is 7.05 Å². The zero-order chi connectivity index (χ0) is 22.7. The molecule has 33 heavy (non-hydrogen) atoms. The molecule has 6 rings (SSSR count). The van der Waals surface area contributed by atoms with Crippen LogP contribution in [0.4, 0.5) is 4.39 Å². The van der Waals surface area contributed by atoms with Crippen molar-refractivity contribution in [1.29, 1.82) is 0 Å². The van der Waals surface area contributed by atoms with Crippen LogP contribution in [-0.2, 0) is 13.5 Å². The van der Waals surface area contributed by atoms with Crippen molar-refractivity contribution in [3.8, 4) is 11.5 Å². The maximum atomic E-state index is 14.3. The number of H-pyrrole nitrogens is 1. The van der Waals surface area contributed by atoms with E-state index in [1.807, 2.05) is 14.0 Å². The molecule has 1 aliphatic heterocycles. The quantitative estimate of drug-likeness (QED) is 0.456. The number of fused-ring (bicyclic) bond motifs is 2. The maximum absolute atomic E-state index is 14.3. The molecule has 0 saturated heterocycles. The molecule has 1 aliphatic rings. The van der Waals surface area contributed by atoms with Crippen LogP contribution in [0.3, 0.4) is 0 Å². The second-order valence-electron chi connectivity index (χ2n) is 7.97. The Morgan fingerprint density at radius 2 is 2.18 bits per heavy atom. The van der Waals surface area contributed by atoms with Crippen LogP contribution in [0.5, 0.6) is 0 Å². The Balaban J connectivity index is 1.41. The van der Waals surface area contributed by atoms with Gasteiger partial charge in [-0.25, -0.2) is 18.9 Å². The van der Waals surface area contributed by atoms with Crippen LogP contribution < -0.4 is 0 Å².